The molecule has 2 N–H and O–H groups in total. The first-order valence-corrected chi connectivity index (χ1v) is 10.4. The molecule has 2 heterocycles. The molecule has 0 radical (unpaired) electrons. The maximum absolute atomic E-state index is 5.72. The summed E-state index contributed by atoms with van der Waals surface area (Å²) < 4.78 is 16.4. The van der Waals surface area contributed by atoms with Crippen molar-refractivity contribution < 1.29 is 13.9 Å². The van der Waals surface area contributed by atoms with Gasteiger partial charge in [0.25, 0.3) is 0 Å². The molecule has 3 rings (SSSR count). The largest absolute Gasteiger partial charge is 0.493 e. The molecule has 0 bridgehead atoms. The van der Waals surface area contributed by atoms with Gasteiger partial charge in [-0.15, -0.1) is 24.0 Å². The molecular weight excluding hydrogens is 509 g/mol. The Morgan fingerprint density at radius 1 is 1.19 bits per heavy atom. The number of hydrogen-bond acceptors (Lipinski definition) is 6. The number of oxazole rings is 1. The molecule has 1 aliphatic rings. The molecule has 0 aliphatic carbocycles. The number of aliphatic imine (C=N–C) groups is 1. The first kappa shape index (κ1) is 25.3. The minimum absolute atomic E-state index is 0. The molecule has 2 aromatic rings. The van der Waals surface area contributed by atoms with E-state index in [1.165, 1.54) is 0 Å². The van der Waals surface area contributed by atoms with E-state index in [1.54, 1.807) is 21.3 Å². The summed E-state index contributed by atoms with van der Waals surface area (Å²) in [4.78, 5) is 11.2. The summed E-state index contributed by atoms with van der Waals surface area (Å²) in [5.41, 5.74) is 1.88. The lowest BCUT2D eigenvalue weighted by Crippen LogP contribution is -2.40. The van der Waals surface area contributed by atoms with E-state index >= 15 is 0 Å². The van der Waals surface area contributed by atoms with Crippen LogP contribution in [0.25, 0.3) is 0 Å². The highest BCUT2D eigenvalue weighted by Crippen LogP contribution is 2.29. The summed E-state index contributed by atoms with van der Waals surface area (Å²) in [7, 11) is 5.04. The van der Waals surface area contributed by atoms with E-state index in [9.17, 15) is 0 Å². The molecule has 1 fully saturated rings. The number of methoxy groups -OCH3 is 2. The average molecular weight is 543 g/mol. The third kappa shape index (κ3) is 6.99. The van der Waals surface area contributed by atoms with E-state index in [4.69, 9.17) is 13.9 Å². The molecule has 1 aromatic heterocycles. The normalized spacial score (nSPS) is 15.3. The first-order valence-electron chi connectivity index (χ1n) is 10.4. The van der Waals surface area contributed by atoms with Gasteiger partial charge in [-0.25, -0.2) is 4.98 Å². The fourth-order valence-electron chi connectivity index (χ4n) is 3.62. The van der Waals surface area contributed by atoms with Crippen molar-refractivity contribution in [3.63, 3.8) is 0 Å². The van der Waals surface area contributed by atoms with E-state index in [2.05, 4.69) is 25.5 Å². The Kier molecular flexibility index (Phi) is 9.89. The summed E-state index contributed by atoms with van der Waals surface area (Å²) in [6.07, 6.45) is 2.28. The number of piperidine rings is 1. The number of aromatic nitrogens is 1. The van der Waals surface area contributed by atoms with Crippen molar-refractivity contribution in [3.05, 3.63) is 35.5 Å². The van der Waals surface area contributed by atoms with Gasteiger partial charge in [-0.2, -0.15) is 0 Å². The monoisotopic (exact) mass is 543 g/mol. The van der Waals surface area contributed by atoms with Gasteiger partial charge in [-0.05, 0) is 57.8 Å². The summed E-state index contributed by atoms with van der Waals surface area (Å²) in [6, 6.07) is 5.72. The Hall–Kier alpha value is -2.01. The van der Waals surface area contributed by atoms with E-state index < -0.39 is 0 Å². The lowest BCUT2D eigenvalue weighted by Gasteiger charge is -2.31. The average Bonchev–Trinajstić information content (AvgIpc) is 3.08. The third-order valence-corrected chi connectivity index (χ3v) is 5.57. The molecule has 1 aliphatic heterocycles. The Labute approximate surface area is 201 Å². The zero-order valence-corrected chi connectivity index (χ0v) is 21.4. The van der Waals surface area contributed by atoms with Gasteiger partial charge in [0.15, 0.2) is 17.5 Å². The molecule has 1 aromatic carbocycles. The summed E-state index contributed by atoms with van der Waals surface area (Å²) >= 11 is 0. The zero-order valence-electron chi connectivity index (χ0n) is 19.0. The number of nitrogens with zero attached hydrogens (tertiary/aromatic N) is 3. The van der Waals surface area contributed by atoms with Crippen LogP contribution in [0, 0.1) is 19.8 Å². The molecule has 0 saturated carbocycles. The topological polar surface area (TPSA) is 84.2 Å². The zero-order chi connectivity index (χ0) is 21.5. The lowest BCUT2D eigenvalue weighted by atomic mass is 9.97. The number of anilines is 1. The van der Waals surface area contributed by atoms with Crippen LogP contribution in [0.4, 0.5) is 5.69 Å². The van der Waals surface area contributed by atoms with Gasteiger partial charge < -0.3 is 24.5 Å². The molecular formula is C22H34IN5O3. The molecule has 8 nitrogen and oxygen atoms in total. The number of rotatable bonds is 7. The number of ether oxygens (including phenoxy) is 2. The Morgan fingerprint density at radius 2 is 1.90 bits per heavy atom. The third-order valence-electron chi connectivity index (χ3n) is 5.57. The van der Waals surface area contributed by atoms with Crippen LogP contribution in [0.5, 0.6) is 11.5 Å². The first-order chi connectivity index (χ1) is 14.5. The number of likely N-dealkylation sites (tertiary alicyclic amines) is 1. The molecule has 9 heteroatoms. The SMILES string of the molecule is CN=C(NCC1CCN(Cc2nc(C)c(C)o2)CC1)Nc1ccc(OC)c(OC)c1.I. The maximum atomic E-state index is 5.72. The Balaban J connectivity index is 0.00000341. The van der Waals surface area contributed by atoms with Crippen molar-refractivity contribution in [1.29, 1.82) is 0 Å². The predicted molar refractivity (Wildman–Crippen MR) is 134 cm³/mol. The second kappa shape index (κ2) is 12.1. The molecule has 1 saturated heterocycles. The van der Waals surface area contributed by atoms with Gasteiger partial charge in [0, 0.05) is 25.3 Å². The van der Waals surface area contributed by atoms with Crippen LogP contribution in [-0.2, 0) is 6.54 Å². The highest BCUT2D eigenvalue weighted by atomic mass is 127. The van der Waals surface area contributed by atoms with Crippen molar-refractivity contribution in [2.75, 3.05) is 46.2 Å². The van der Waals surface area contributed by atoms with Gasteiger partial charge in [-0.3, -0.25) is 9.89 Å². The highest BCUT2D eigenvalue weighted by molar-refractivity contribution is 14.0. The van der Waals surface area contributed by atoms with Crippen LogP contribution < -0.4 is 20.1 Å². The Morgan fingerprint density at radius 3 is 2.48 bits per heavy atom. The van der Waals surface area contributed by atoms with Crippen molar-refractivity contribution in [2.24, 2.45) is 10.9 Å². The predicted octanol–water partition coefficient (Wildman–Crippen LogP) is 3.83. The van der Waals surface area contributed by atoms with Crippen LogP contribution in [0.3, 0.4) is 0 Å². The molecule has 0 spiro atoms. The van der Waals surface area contributed by atoms with Crippen molar-refractivity contribution >= 4 is 35.6 Å². The fourth-order valence-corrected chi connectivity index (χ4v) is 3.62. The summed E-state index contributed by atoms with van der Waals surface area (Å²) in [6.45, 7) is 7.73. The number of benzene rings is 1. The minimum atomic E-state index is 0. The van der Waals surface area contributed by atoms with E-state index in [0.29, 0.717) is 17.4 Å². The second-order valence-electron chi connectivity index (χ2n) is 7.62. The van der Waals surface area contributed by atoms with E-state index in [-0.39, 0.29) is 24.0 Å². The second-order valence-corrected chi connectivity index (χ2v) is 7.62. The lowest BCUT2D eigenvalue weighted by molar-refractivity contribution is 0.164. The number of halogens is 1. The Bertz CT molecular complexity index is 843. The van der Waals surface area contributed by atoms with Crippen LogP contribution in [0.15, 0.2) is 27.6 Å². The molecule has 31 heavy (non-hydrogen) atoms. The van der Waals surface area contributed by atoms with Crippen LogP contribution in [-0.4, -0.2) is 56.7 Å². The van der Waals surface area contributed by atoms with Crippen molar-refractivity contribution in [1.82, 2.24) is 15.2 Å². The van der Waals surface area contributed by atoms with E-state index in [1.807, 2.05) is 32.0 Å². The summed E-state index contributed by atoms with van der Waals surface area (Å²) in [5.74, 6) is 4.47. The fraction of sp³-hybridized carbons (Fsp3) is 0.545. The van der Waals surface area contributed by atoms with Crippen molar-refractivity contribution in [2.45, 2.75) is 33.2 Å². The smallest absolute Gasteiger partial charge is 0.208 e. The van der Waals surface area contributed by atoms with Gasteiger partial charge >= 0.3 is 0 Å². The van der Waals surface area contributed by atoms with Gasteiger partial charge in [0.1, 0.15) is 5.76 Å². The van der Waals surface area contributed by atoms with Crippen LogP contribution in [0.2, 0.25) is 0 Å². The van der Waals surface area contributed by atoms with Crippen LogP contribution >= 0.6 is 24.0 Å². The van der Waals surface area contributed by atoms with Gasteiger partial charge in [0.2, 0.25) is 5.89 Å². The van der Waals surface area contributed by atoms with Gasteiger partial charge in [-0.1, -0.05) is 0 Å². The van der Waals surface area contributed by atoms with Gasteiger partial charge in [0.05, 0.1) is 26.5 Å². The standard InChI is InChI=1S/C22H33N5O3.HI/c1-15-16(2)30-21(25-15)14-27-10-8-17(9-11-27)13-24-22(23-3)26-18-6-7-19(28-4)20(12-18)29-5;/h6-7,12,17H,8-11,13-14H2,1-5H3,(H2,23,24,26);1H. The summed E-state index contributed by atoms with van der Waals surface area (Å²) in [5, 5.41) is 6.76. The minimum Gasteiger partial charge on any atom is -0.493 e. The number of hydrogen-bond donors (Lipinski definition) is 2. The van der Waals surface area contributed by atoms with Crippen molar-refractivity contribution in [3.8, 4) is 11.5 Å². The van der Waals surface area contributed by atoms with Crippen LogP contribution in [0.1, 0.15) is 30.2 Å². The maximum Gasteiger partial charge on any atom is 0.208 e. The number of aryl methyl sites for hydroxylation is 2. The quantitative estimate of drug-likeness (QED) is 0.312. The molecule has 172 valence electrons. The molecule has 0 atom stereocenters. The number of guanidine groups is 1. The van der Waals surface area contributed by atoms with E-state index in [0.717, 1.165) is 68.0 Å². The molecule has 0 amide bonds. The number of nitrogens with one attached hydrogen (secondary N) is 2. The highest BCUT2D eigenvalue weighted by Gasteiger charge is 2.21. The molecule has 0 unspecified atom stereocenters.